The van der Waals surface area contributed by atoms with E-state index in [-0.39, 0.29) is 6.61 Å². The minimum Gasteiger partial charge on any atom is -0.756 e. The Balaban J connectivity index is 2.15. The minimum absolute atomic E-state index is 0.175. The maximum absolute atomic E-state index is 10.8. The molecular formula is C5H8O7P-. The van der Waals surface area contributed by atoms with E-state index in [2.05, 4.69) is 9.05 Å². The van der Waals surface area contributed by atoms with Crippen molar-refractivity contribution in [2.24, 2.45) is 0 Å². The number of hydrogen-bond acceptors (Lipinski definition) is 7. The molecule has 2 N–H and O–H groups in total. The molecule has 0 aromatic rings. The van der Waals surface area contributed by atoms with Gasteiger partial charge in [-0.25, -0.2) is 0 Å². The van der Waals surface area contributed by atoms with Crippen molar-refractivity contribution in [3.05, 3.63) is 0 Å². The first-order valence-electron chi connectivity index (χ1n) is 3.65. The summed E-state index contributed by atoms with van der Waals surface area (Å²) in [6.07, 6.45) is -4.75. The third-order valence-electron chi connectivity index (χ3n) is 1.91. The normalized spacial score (nSPS) is 56.2. The molecule has 0 radical (unpaired) electrons. The number of aliphatic hydroxyl groups is 2. The van der Waals surface area contributed by atoms with Crippen molar-refractivity contribution in [1.82, 2.24) is 0 Å². The molecule has 0 aromatic heterocycles. The summed E-state index contributed by atoms with van der Waals surface area (Å²) >= 11 is 0. The maximum Gasteiger partial charge on any atom is 0.270 e. The van der Waals surface area contributed by atoms with Crippen molar-refractivity contribution in [3.63, 3.8) is 0 Å². The molecule has 0 aliphatic carbocycles. The van der Waals surface area contributed by atoms with Gasteiger partial charge in [-0.1, -0.05) is 0 Å². The summed E-state index contributed by atoms with van der Waals surface area (Å²) in [4.78, 5) is 10.8. The van der Waals surface area contributed by atoms with Crippen LogP contribution < -0.4 is 4.89 Å². The van der Waals surface area contributed by atoms with Gasteiger partial charge in [0.25, 0.3) is 7.82 Å². The van der Waals surface area contributed by atoms with Gasteiger partial charge >= 0.3 is 0 Å². The number of fused-ring (bicyclic) bond motifs is 1. The zero-order valence-corrected chi connectivity index (χ0v) is 7.29. The molecule has 2 aliphatic heterocycles. The second kappa shape index (κ2) is 2.99. The predicted octanol–water partition coefficient (Wildman–Crippen LogP) is -2.05. The Bertz CT molecular complexity index is 255. The Morgan fingerprint density at radius 1 is 1.38 bits per heavy atom. The van der Waals surface area contributed by atoms with Crippen LogP contribution in [0.4, 0.5) is 0 Å². The zero-order valence-electron chi connectivity index (χ0n) is 6.40. The van der Waals surface area contributed by atoms with E-state index in [1.807, 2.05) is 0 Å². The van der Waals surface area contributed by atoms with Crippen molar-refractivity contribution in [2.75, 3.05) is 6.61 Å². The van der Waals surface area contributed by atoms with Crippen LogP contribution in [0.1, 0.15) is 0 Å². The van der Waals surface area contributed by atoms with Gasteiger partial charge in [0.05, 0.1) is 6.61 Å². The lowest BCUT2D eigenvalue weighted by Crippen LogP contribution is -2.51. The quantitative estimate of drug-likeness (QED) is 0.444. The van der Waals surface area contributed by atoms with Crippen LogP contribution in [0.3, 0.4) is 0 Å². The highest BCUT2D eigenvalue weighted by molar-refractivity contribution is 7.46. The number of rotatable bonds is 0. The molecule has 2 aliphatic rings. The molecule has 7 nitrogen and oxygen atoms in total. The number of phosphoric ester groups is 1. The van der Waals surface area contributed by atoms with E-state index in [4.69, 9.17) is 9.84 Å². The molecule has 5 atom stereocenters. The predicted molar refractivity (Wildman–Crippen MR) is 35.3 cm³/mol. The Hall–Kier alpha value is -0.0100. The van der Waals surface area contributed by atoms with E-state index in [0.29, 0.717) is 0 Å². The second-order valence-corrected chi connectivity index (χ2v) is 4.20. The summed E-state index contributed by atoms with van der Waals surface area (Å²) in [7, 11) is -4.36. The number of ether oxygens (including phenoxy) is 1. The highest BCUT2D eigenvalue weighted by Crippen LogP contribution is 2.51. The Kier molecular flexibility index (Phi) is 2.20. The molecule has 2 rings (SSSR count). The van der Waals surface area contributed by atoms with Crippen LogP contribution in [0.5, 0.6) is 0 Å². The first kappa shape index (κ1) is 9.54. The van der Waals surface area contributed by atoms with Gasteiger partial charge in [-0.05, 0) is 0 Å². The highest BCUT2D eigenvalue weighted by Gasteiger charge is 2.48. The fraction of sp³-hybridized carbons (Fsp3) is 1.00. The van der Waals surface area contributed by atoms with Crippen molar-refractivity contribution in [1.29, 1.82) is 0 Å². The second-order valence-electron chi connectivity index (χ2n) is 2.88. The van der Waals surface area contributed by atoms with Crippen LogP contribution >= 0.6 is 7.82 Å². The van der Waals surface area contributed by atoms with Crippen LogP contribution in [0.2, 0.25) is 0 Å². The van der Waals surface area contributed by atoms with Crippen LogP contribution in [0, 0.1) is 0 Å². The zero-order chi connectivity index (χ0) is 9.64. The van der Waals surface area contributed by atoms with Crippen LogP contribution in [-0.2, 0) is 18.3 Å². The van der Waals surface area contributed by atoms with Crippen LogP contribution in [-0.4, -0.2) is 41.4 Å². The molecule has 0 amide bonds. The van der Waals surface area contributed by atoms with E-state index in [9.17, 15) is 14.6 Å². The Morgan fingerprint density at radius 2 is 2.08 bits per heavy atom. The number of phosphoric acid groups is 1. The summed E-state index contributed by atoms with van der Waals surface area (Å²) in [6.45, 7) is -0.175. The highest BCUT2D eigenvalue weighted by atomic mass is 31.2. The van der Waals surface area contributed by atoms with Gasteiger partial charge in [-0.15, -0.1) is 0 Å². The van der Waals surface area contributed by atoms with Gasteiger partial charge in [0.2, 0.25) is 0 Å². The molecule has 0 saturated carbocycles. The standard InChI is InChI=1S/C5H9O7P/c6-2-1-10-5-4(3(2)7)11-13(8,9)12-5/h2-7H,1H2,(H,8,9)/p-1/t2-,3+,4-,5?/m1/s1. The fourth-order valence-corrected chi connectivity index (χ4v) is 2.28. The molecule has 76 valence electrons. The van der Waals surface area contributed by atoms with Gasteiger partial charge in [0, 0.05) is 0 Å². The summed E-state index contributed by atoms with van der Waals surface area (Å²) in [5.41, 5.74) is 0. The van der Waals surface area contributed by atoms with Gasteiger partial charge in [0.15, 0.2) is 6.29 Å². The van der Waals surface area contributed by atoms with Gasteiger partial charge < -0.3 is 24.4 Å². The lowest BCUT2D eigenvalue weighted by atomic mass is 10.1. The van der Waals surface area contributed by atoms with Gasteiger partial charge in [-0.2, -0.15) is 0 Å². The average molecular weight is 211 g/mol. The maximum atomic E-state index is 10.8. The lowest BCUT2D eigenvalue weighted by Gasteiger charge is -2.30. The first-order chi connectivity index (χ1) is 5.99. The van der Waals surface area contributed by atoms with Gasteiger partial charge in [0.1, 0.15) is 18.3 Å². The number of aliphatic hydroxyl groups excluding tert-OH is 2. The third-order valence-corrected chi connectivity index (χ3v) is 2.88. The van der Waals surface area contributed by atoms with Gasteiger partial charge in [-0.3, -0.25) is 9.09 Å². The molecule has 2 unspecified atom stereocenters. The molecule has 0 spiro atoms. The average Bonchev–Trinajstić information content (AvgIpc) is 2.34. The van der Waals surface area contributed by atoms with Crippen LogP contribution in [0.15, 0.2) is 0 Å². The number of hydrogen-bond donors (Lipinski definition) is 2. The largest absolute Gasteiger partial charge is 0.756 e. The topological polar surface area (TPSA) is 108 Å². The van der Waals surface area contributed by atoms with Crippen molar-refractivity contribution >= 4 is 7.82 Å². The van der Waals surface area contributed by atoms with Crippen molar-refractivity contribution in [2.45, 2.75) is 24.6 Å². The summed E-state index contributed by atoms with van der Waals surface area (Å²) in [6, 6.07) is 0. The Labute approximate surface area is 73.5 Å². The molecule has 2 heterocycles. The Morgan fingerprint density at radius 3 is 2.77 bits per heavy atom. The van der Waals surface area contributed by atoms with E-state index in [0.717, 1.165) is 0 Å². The molecule has 0 bridgehead atoms. The first-order valence-corrected chi connectivity index (χ1v) is 5.11. The van der Waals surface area contributed by atoms with E-state index in [1.165, 1.54) is 0 Å². The molecular weight excluding hydrogens is 203 g/mol. The minimum atomic E-state index is -4.36. The van der Waals surface area contributed by atoms with Crippen molar-refractivity contribution < 1.29 is 33.5 Å². The van der Waals surface area contributed by atoms with E-state index < -0.39 is 32.4 Å². The van der Waals surface area contributed by atoms with Crippen molar-refractivity contribution in [3.8, 4) is 0 Å². The summed E-state index contributed by atoms with van der Waals surface area (Å²) in [5, 5.41) is 18.4. The van der Waals surface area contributed by atoms with E-state index in [1.54, 1.807) is 0 Å². The molecule has 13 heavy (non-hydrogen) atoms. The van der Waals surface area contributed by atoms with E-state index >= 15 is 0 Å². The summed E-state index contributed by atoms with van der Waals surface area (Å²) in [5.74, 6) is 0. The smallest absolute Gasteiger partial charge is 0.270 e. The molecule has 2 fully saturated rings. The molecule has 0 aromatic carbocycles. The molecule has 8 heteroatoms. The lowest BCUT2D eigenvalue weighted by molar-refractivity contribution is -0.223. The monoisotopic (exact) mass is 211 g/mol. The fourth-order valence-electron chi connectivity index (χ4n) is 1.27. The van der Waals surface area contributed by atoms with Crippen LogP contribution in [0.25, 0.3) is 0 Å². The third kappa shape index (κ3) is 1.64. The SMILES string of the molecule is O=P1([O-])OC2OC[C@@H](O)[C@H](O)[C@H]2O1. The molecule has 2 saturated heterocycles. The summed E-state index contributed by atoms with van der Waals surface area (Å²) < 4.78 is 24.3.